The summed E-state index contributed by atoms with van der Waals surface area (Å²) in [4.78, 5) is 11.5. The molecule has 1 aromatic heterocycles. The smallest absolute Gasteiger partial charge is 0.221 e. The van der Waals surface area contributed by atoms with E-state index in [0.29, 0.717) is 6.42 Å². The molecular formula is C13H22N4O. The Morgan fingerprint density at radius 2 is 2.44 bits per heavy atom. The number of nitrogens with zero attached hydrogens (tertiary/aromatic N) is 2. The minimum absolute atomic E-state index is 0.159. The zero-order valence-corrected chi connectivity index (χ0v) is 11.2. The second-order valence-electron chi connectivity index (χ2n) is 4.90. The lowest BCUT2D eigenvalue weighted by molar-refractivity contribution is -0.121. The van der Waals surface area contributed by atoms with Crippen molar-refractivity contribution in [2.45, 2.75) is 45.2 Å². The van der Waals surface area contributed by atoms with Crippen LogP contribution >= 0.6 is 0 Å². The molecule has 1 aliphatic rings. The van der Waals surface area contributed by atoms with Crippen LogP contribution in [-0.4, -0.2) is 28.3 Å². The quantitative estimate of drug-likeness (QED) is 0.828. The minimum Gasteiger partial charge on any atom is -0.356 e. The molecular weight excluding hydrogens is 228 g/mol. The molecule has 0 radical (unpaired) electrons. The Balaban J connectivity index is 1.91. The van der Waals surface area contributed by atoms with Gasteiger partial charge in [0.25, 0.3) is 0 Å². The monoisotopic (exact) mass is 250 g/mol. The van der Waals surface area contributed by atoms with Crippen LogP contribution in [0.5, 0.6) is 0 Å². The van der Waals surface area contributed by atoms with Crippen molar-refractivity contribution in [2.75, 3.05) is 6.54 Å². The largest absolute Gasteiger partial charge is 0.356 e. The molecule has 1 saturated heterocycles. The summed E-state index contributed by atoms with van der Waals surface area (Å²) in [5, 5.41) is 10.8. The highest BCUT2D eigenvalue weighted by atomic mass is 16.1. The highest BCUT2D eigenvalue weighted by molar-refractivity contribution is 5.76. The first kappa shape index (κ1) is 13.1. The molecule has 5 heteroatoms. The zero-order valence-electron chi connectivity index (χ0n) is 11.2. The Morgan fingerprint density at radius 1 is 1.61 bits per heavy atom. The van der Waals surface area contributed by atoms with Crippen molar-refractivity contribution in [2.24, 2.45) is 7.05 Å². The maximum Gasteiger partial charge on any atom is 0.221 e. The maximum atomic E-state index is 11.5. The van der Waals surface area contributed by atoms with E-state index in [1.165, 1.54) is 5.56 Å². The molecule has 0 aromatic carbocycles. The van der Waals surface area contributed by atoms with Gasteiger partial charge in [0.05, 0.1) is 5.69 Å². The van der Waals surface area contributed by atoms with Crippen molar-refractivity contribution in [3.8, 4) is 0 Å². The van der Waals surface area contributed by atoms with E-state index in [4.69, 9.17) is 0 Å². The van der Waals surface area contributed by atoms with Crippen molar-refractivity contribution in [1.82, 2.24) is 20.4 Å². The van der Waals surface area contributed by atoms with E-state index in [-0.39, 0.29) is 11.9 Å². The zero-order chi connectivity index (χ0) is 13.0. The number of hydrogen-bond donors (Lipinski definition) is 2. The van der Waals surface area contributed by atoms with Crippen molar-refractivity contribution in [1.29, 1.82) is 0 Å². The summed E-state index contributed by atoms with van der Waals surface area (Å²) in [6.07, 6.45) is 5.70. The van der Waals surface area contributed by atoms with Crippen LogP contribution in [0.25, 0.3) is 0 Å². The number of amides is 1. The summed E-state index contributed by atoms with van der Waals surface area (Å²) >= 11 is 0. The molecule has 18 heavy (non-hydrogen) atoms. The standard InChI is InChI=1S/C13H22N4O/c1-3-12-10(9-17(2)16-12)8-15-11-5-4-6-14-13(18)7-11/h9,11,15H,3-8H2,1-2H3,(H,14,18). The molecule has 0 aliphatic carbocycles. The maximum absolute atomic E-state index is 11.5. The van der Waals surface area contributed by atoms with Crippen LogP contribution in [0.15, 0.2) is 6.20 Å². The van der Waals surface area contributed by atoms with E-state index in [1.54, 1.807) is 0 Å². The Labute approximate surface area is 108 Å². The third-order valence-electron chi connectivity index (χ3n) is 3.39. The summed E-state index contributed by atoms with van der Waals surface area (Å²) in [6.45, 7) is 3.73. The first-order valence-electron chi connectivity index (χ1n) is 6.70. The van der Waals surface area contributed by atoms with Crippen LogP contribution in [0.3, 0.4) is 0 Å². The Hall–Kier alpha value is -1.36. The minimum atomic E-state index is 0.159. The molecule has 1 aliphatic heterocycles. The van der Waals surface area contributed by atoms with Crippen LogP contribution in [-0.2, 0) is 24.8 Å². The number of nitrogens with one attached hydrogen (secondary N) is 2. The van der Waals surface area contributed by atoms with Crippen molar-refractivity contribution < 1.29 is 4.79 Å². The van der Waals surface area contributed by atoms with Gasteiger partial charge in [-0.25, -0.2) is 0 Å². The normalized spacial score (nSPS) is 20.6. The van der Waals surface area contributed by atoms with Gasteiger partial charge in [0.2, 0.25) is 5.91 Å². The SMILES string of the molecule is CCc1nn(C)cc1CNC1CCCNC(=O)C1. The lowest BCUT2D eigenvalue weighted by Gasteiger charge is -2.14. The number of carbonyl (C=O) groups excluding carboxylic acids is 1. The van der Waals surface area contributed by atoms with Gasteiger partial charge < -0.3 is 10.6 Å². The number of carbonyl (C=O) groups is 1. The van der Waals surface area contributed by atoms with E-state index < -0.39 is 0 Å². The van der Waals surface area contributed by atoms with Gasteiger partial charge in [0.1, 0.15) is 0 Å². The van der Waals surface area contributed by atoms with Crippen LogP contribution in [0.2, 0.25) is 0 Å². The highest BCUT2D eigenvalue weighted by Crippen LogP contribution is 2.10. The van der Waals surface area contributed by atoms with Crippen molar-refractivity contribution >= 4 is 5.91 Å². The van der Waals surface area contributed by atoms with Crippen LogP contribution in [0, 0.1) is 0 Å². The van der Waals surface area contributed by atoms with Gasteiger partial charge in [-0.05, 0) is 19.3 Å². The fraction of sp³-hybridized carbons (Fsp3) is 0.692. The molecule has 0 bridgehead atoms. The van der Waals surface area contributed by atoms with Gasteiger partial charge in [0.15, 0.2) is 0 Å². The second-order valence-corrected chi connectivity index (χ2v) is 4.90. The molecule has 2 N–H and O–H groups in total. The van der Waals surface area contributed by atoms with Crippen molar-refractivity contribution in [3.63, 3.8) is 0 Å². The average Bonchev–Trinajstić information content (AvgIpc) is 2.57. The second kappa shape index (κ2) is 6.00. The number of aromatic nitrogens is 2. The molecule has 0 saturated carbocycles. The molecule has 1 fully saturated rings. The summed E-state index contributed by atoms with van der Waals surface area (Å²) in [7, 11) is 1.95. The predicted molar refractivity (Wildman–Crippen MR) is 70.1 cm³/mol. The fourth-order valence-corrected chi connectivity index (χ4v) is 2.43. The summed E-state index contributed by atoms with van der Waals surface area (Å²) in [5.74, 6) is 0.159. The molecule has 100 valence electrons. The molecule has 2 heterocycles. The van der Waals surface area contributed by atoms with E-state index in [2.05, 4.69) is 28.9 Å². The van der Waals surface area contributed by atoms with Crippen LogP contribution in [0.1, 0.15) is 37.4 Å². The first-order chi connectivity index (χ1) is 8.69. The number of aryl methyl sites for hydroxylation is 2. The van der Waals surface area contributed by atoms with E-state index >= 15 is 0 Å². The van der Waals surface area contributed by atoms with Gasteiger partial charge in [0, 0.05) is 44.4 Å². The number of hydrogen-bond acceptors (Lipinski definition) is 3. The third-order valence-corrected chi connectivity index (χ3v) is 3.39. The van der Waals surface area contributed by atoms with Gasteiger partial charge in [-0.3, -0.25) is 9.48 Å². The summed E-state index contributed by atoms with van der Waals surface area (Å²) < 4.78 is 1.86. The van der Waals surface area contributed by atoms with E-state index in [9.17, 15) is 4.79 Å². The first-order valence-corrected chi connectivity index (χ1v) is 6.70. The van der Waals surface area contributed by atoms with Gasteiger partial charge >= 0.3 is 0 Å². The lowest BCUT2D eigenvalue weighted by atomic mass is 10.1. The molecule has 5 nitrogen and oxygen atoms in total. The molecule has 1 unspecified atom stereocenters. The third kappa shape index (κ3) is 3.32. The molecule has 0 spiro atoms. The van der Waals surface area contributed by atoms with Crippen molar-refractivity contribution in [3.05, 3.63) is 17.5 Å². The average molecular weight is 250 g/mol. The topological polar surface area (TPSA) is 59.0 Å². The predicted octanol–water partition coefficient (Wildman–Crippen LogP) is 0.741. The Bertz CT molecular complexity index is 413. The molecule has 2 rings (SSSR count). The molecule has 1 aromatic rings. The van der Waals surface area contributed by atoms with Gasteiger partial charge in [-0.15, -0.1) is 0 Å². The van der Waals surface area contributed by atoms with E-state index in [0.717, 1.165) is 38.0 Å². The van der Waals surface area contributed by atoms with Gasteiger partial charge in [-0.2, -0.15) is 5.10 Å². The molecule has 1 amide bonds. The van der Waals surface area contributed by atoms with Gasteiger partial charge in [-0.1, -0.05) is 6.92 Å². The highest BCUT2D eigenvalue weighted by Gasteiger charge is 2.17. The van der Waals surface area contributed by atoms with Crippen LogP contribution in [0.4, 0.5) is 0 Å². The van der Waals surface area contributed by atoms with E-state index in [1.807, 2.05) is 11.7 Å². The fourth-order valence-electron chi connectivity index (χ4n) is 2.43. The summed E-state index contributed by atoms with van der Waals surface area (Å²) in [6, 6.07) is 0.289. The lowest BCUT2D eigenvalue weighted by Crippen LogP contribution is -2.32. The molecule has 1 atom stereocenters. The van der Waals surface area contributed by atoms with Crippen LogP contribution < -0.4 is 10.6 Å². The number of rotatable bonds is 4. The Kier molecular flexibility index (Phi) is 4.36. The Morgan fingerprint density at radius 3 is 3.22 bits per heavy atom. The summed E-state index contributed by atoms with van der Waals surface area (Å²) in [5.41, 5.74) is 2.38.